The third kappa shape index (κ3) is 5.28. The summed E-state index contributed by atoms with van der Waals surface area (Å²) in [6.07, 6.45) is 0. The molecule has 0 saturated carbocycles. The largest absolute Gasteiger partial charge is 0.502 e. The summed E-state index contributed by atoms with van der Waals surface area (Å²) in [7, 11) is 2.85. The average molecular weight is 434 g/mol. The van der Waals surface area contributed by atoms with Gasteiger partial charge in [0.25, 0.3) is 0 Å². The van der Waals surface area contributed by atoms with Gasteiger partial charge in [-0.1, -0.05) is 30.3 Å². The number of anilines is 1. The summed E-state index contributed by atoms with van der Waals surface area (Å²) < 4.78 is 10.5. The molecule has 0 bridgehead atoms. The maximum absolute atomic E-state index is 13.2. The zero-order chi connectivity index (χ0) is 23.1. The van der Waals surface area contributed by atoms with E-state index in [0.717, 1.165) is 5.56 Å². The summed E-state index contributed by atoms with van der Waals surface area (Å²) >= 11 is 0. The Labute approximate surface area is 186 Å². The molecule has 3 rings (SSSR count). The number of hydrogen-bond donors (Lipinski definition) is 5. The standard InChI is InChI=1S/C24H26N4O4/c1-31-19-12-17(13-20(32-2)22(19)29)21(24(30)27-14-15-6-4-3-5-7-15)28-18-10-8-16(9-11-18)23(25)26/h3-13,21,28-29H,14H2,1-2H3,(H3,25,26)(H,27,30)/t21-/m0/s1. The zero-order valence-corrected chi connectivity index (χ0v) is 17.9. The minimum atomic E-state index is -0.815. The third-order valence-corrected chi connectivity index (χ3v) is 4.91. The normalized spacial score (nSPS) is 11.3. The Kier molecular flexibility index (Phi) is 7.17. The number of nitrogens with two attached hydrogens (primary N) is 1. The van der Waals surface area contributed by atoms with Crippen LogP contribution in [-0.2, 0) is 11.3 Å². The fourth-order valence-electron chi connectivity index (χ4n) is 3.18. The van der Waals surface area contributed by atoms with Crippen LogP contribution >= 0.6 is 0 Å². The van der Waals surface area contributed by atoms with Gasteiger partial charge in [0.1, 0.15) is 11.9 Å². The third-order valence-electron chi connectivity index (χ3n) is 4.91. The highest BCUT2D eigenvalue weighted by molar-refractivity contribution is 5.95. The molecule has 0 unspecified atom stereocenters. The van der Waals surface area contributed by atoms with Crippen LogP contribution in [0.4, 0.5) is 5.69 Å². The van der Waals surface area contributed by atoms with Crippen LogP contribution in [0.1, 0.15) is 22.7 Å². The van der Waals surface area contributed by atoms with Gasteiger partial charge in [0, 0.05) is 17.8 Å². The molecule has 0 radical (unpaired) electrons. The number of amidine groups is 1. The van der Waals surface area contributed by atoms with E-state index in [4.69, 9.17) is 20.6 Å². The number of nitrogens with one attached hydrogen (secondary N) is 3. The molecule has 0 saturated heterocycles. The summed E-state index contributed by atoms with van der Waals surface area (Å²) in [6.45, 7) is 0.355. The van der Waals surface area contributed by atoms with Gasteiger partial charge in [0.15, 0.2) is 11.5 Å². The monoisotopic (exact) mass is 434 g/mol. The van der Waals surface area contributed by atoms with Crippen LogP contribution in [0.5, 0.6) is 17.2 Å². The van der Waals surface area contributed by atoms with Crippen molar-refractivity contribution in [1.82, 2.24) is 5.32 Å². The Balaban J connectivity index is 1.93. The average Bonchev–Trinajstić information content (AvgIpc) is 2.82. The van der Waals surface area contributed by atoms with Crippen molar-refractivity contribution in [2.45, 2.75) is 12.6 Å². The van der Waals surface area contributed by atoms with E-state index in [9.17, 15) is 9.90 Å². The molecule has 166 valence electrons. The Hall–Kier alpha value is -4.20. The van der Waals surface area contributed by atoms with Crippen LogP contribution < -0.4 is 25.8 Å². The molecule has 3 aromatic rings. The molecule has 32 heavy (non-hydrogen) atoms. The second kappa shape index (κ2) is 10.2. The molecular formula is C24H26N4O4. The van der Waals surface area contributed by atoms with E-state index in [-0.39, 0.29) is 29.0 Å². The lowest BCUT2D eigenvalue weighted by Gasteiger charge is -2.22. The van der Waals surface area contributed by atoms with Gasteiger partial charge in [-0.3, -0.25) is 10.2 Å². The van der Waals surface area contributed by atoms with Crippen molar-refractivity contribution in [3.05, 3.63) is 83.4 Å². The second-order valence-corrected chi connectivity index (χ2v) is 7.05. The number of rotatable bonds is 9. The minimum absolute atomic E-state index is 0.0401. The van der Waals surface area contributed by atoms with Gasteiger partial charge in [0.05, 0.1) is 14.2 Å². The van der Waals surface area contributed by atoms with Crippen molar-refractivity contribution in [3.8, 4) is 17.2 Å². The molecule has 8 nitrogen and oxygen atoms in total. The van der Waals surface area contributed by atoms with E-state index in [1.807, 2.05) is 30.3 Å². The van der Waals surface area contributed by atoms with Gasteiger partial charge in [-0.15, -0.1) is 0 Å². The van der Waals surface area contributed by atoms with Gasteiger partial charge < -0.3 is 30.9 Å². The smallest absolute Gasteiger partial charge is 0.247 e. The Morgan fingerprint density at radius 1 is 1.03 bits per heavy atom. The van der Waals surface area contributed by atoms with Crippen LogP contribution in [0.25, 0.3) is 0 Å². The summed E-state index contributed by atoms with van der Waals surface area (Å²) in [4.78, 5) is 13.2. The van der Waals surface area contributed by atoms with E-state index in [1.165, 1.54) is 14.2 Å². The van der Waals surface area contributed by atoms with Crippen LogP contribution in [0, 0.1) is 5.41 Å². The quantitative estimate of drug-likeness (QED) is 0.260. The molecule has 0 aliphatic heterocycles. The minimum Gasteiger partial charge on any atom is -0.502 e. The highest BCUT2D eigenvalue weighted by Crippen LogP contribution is 2.39. The summed E-state index contributed by atoms with van der Waals surface area (Å²) in [5.41, 5.74) is 8.26. The number of phenols is 1. The molecule has 0 aliphatic carbocycles. The van der Waals surface area contributed by atoms with Gasteiger partial charge in [-0.2, -0.15) is 0 Å². The number of aromatic hydroxyl groups is 1. The number of carbonyl (C=O) groups excluding carboxylic acids is 1. The second-order valence-electron chi connectivity index (χ2n) is 7.05. The molecular weight excluding hydrogens is 408 g/mol. The lowest BCUT2D eigenvalue weighted by molar-refractivity contribution is -0.122. The fourth-order valence-corrected chi connectivity index (χ4v) is 3.18. The SMILES string of the molecule is COc1cc([C@H](Nc2ccc(C(=N)N)cc2)C(=O)NCc2ccccc2)cc(OC)c1O. The van der Waals surface area contributed by atoms with Crippen LogP contribution in [0.15, 0.2) is 66.7 Å². The van der Waals surface area contributed by atoms with Gasteiger partial charge in [0.2, 0.25) is 11.7 Å². The number of nitrogen functional groups attached to an aromatic ring is 1. The number of amides is 1. The predicted octanol–water partition coefficient (Wildman–Crippen LogP) is 3.16. The number of hydrogen-bond acceptors (Lipinski definition) is 6. The van der Waals surface area contributed by atoms with Crippen molar-refractivity contribution < 1.29 is 19.4 Å². The van der Waals surface area contributed by atoms with Crippen LogP contribution in [0.3, 0.4) is 0 Å². The first kappa shape index (κ1) is 22.5. The van der Waals surface area contributed by atoms with E-state index in [1.54, 1.807) is 36.4 Å². The van der Waals surface area contributed by atoms with Crippen molar-refractivity contribution in [3.63, 3.8) is 0 Å². The van der Waals surface area contributed by atoms with Crippen LogP contribution in [-0.4, -0.2) is 31.1 Å². The first-order chi connectivity index (χ1) is 15.4. The molecule has 0 fully saturated rings. The molecule has 0 aliphatic rings. The lowest BCUT2D eigenvalue weighted by atomic mass is 10.0. The van der Waals surface area contributed by atoms with Crippen molar-refractivity contribution in [2.75, 3.05) is 19.5 Å². The highest BCUT2D eigenvalue weighted by Gasteiger charge is 2.24. The maximum atomic E-state index is 13.2. The molecule has 1 atom stereocenters. The lowest BCUT2D eigenvalue weighted by Crippen LogP contribution is -2.33. The molecule has 8 heteroatoms. The number of carbonyl (C=O) groups is 1. The number of phenolic OH excluding ortho intramolecular Hbond substituents is 1. The molecule has 1 amide bonds. The summed E-state index contributed by atoms with van der Waals surface area (Å²) in [6, 6.07) is 18.8. The Morgan fingerprint density at radius 2 is 1.62 bits per heavy atom. The van der Waals surface area contributed by atoms with Gasteiger partial charge in [-0.05, 0) is 47.5 Å². The predicted molar refractivity (Wildman–Crippen MR) is 123 cm³/mol. The molecule has 6 N–H and O–H groups in total. The van der Waals surface area contributed by atoms with E-state index in [2.05, 4.69) is 10.6 Å². The number of methoxy groups -OCH3 is 2. The highest BCUT2D eigenvalue weighted by atomic mass is 16.5. The first-order valence-corrected chi connectivity index (χ1v) is 9.90. The van der Waals surface area contributed by atoms with E-state index in [0.29, 0.717) is 23.4 Å². The molecule has 0 aromatic heterocycles. The number of benzene rings is 3. The topological polar surface area (TPSA) is 130 Å². The van der Waals surface area contributed by atoms with Gasteiger partial charge in [-0.25, -0.2) is 0 Å². The molecule has 3 aromatic carbocycles. The molecule has 0 heterocycles. The first-order valence-electron chi connectivity index (χ1n) is 9.90. The fraction of sp³-hybridized carbons (Fsp3) is 0.167. The Bertz CT molecular complexity index is 1060. The Morgan fingerprint density at radius 3 is 2.16 bits per heavy atom. The van der Waals surface area contributed by atoms with Crippen molar-refractivity contribution in [2.24, 2.45) is 5.73 Å². The summed E-state index contributed by atoms with van der Waals surface area (Å²) in [5, 5.41) is 23.9. The van der Waals surface area contributed by atoms with E-state index >= 15 is 0 Å². The maximum Gasteiger partial charge on any atom is 0.247 e. The number of ether oxygens (including phenoxy) is 2. The zero-order valence-electron chi connectivity index (χ0n) is 17.9. The summed E-state index contributed by atoms with van der Waals surface area (Å²) in [5.74, 6) is -0.0862. The van der Waals surface area contributed by atoms with Crippen molar-refractivity contribution in [1.29, 1.82) is 5.41 Å². The van der Waals surface area contributed by atoms with Crippen LogP contribution in [0.2, 0.25) is 0 Å². The van der Waals surface area contributed by atoms with Crippen molar-refractivity contribution >= 4 is 17.4 Å². The van der Waals surface area contributed by atoms with Gasteiger partial charge >= 0.3 is 0 Å². The van der Waals surface area contributed by atoms with E-state index < -0.39 is 6.04 Å². The molecule has 0 spiro atoms.